The van der Waals surface area contributed by atoms with Crippen molar-refractivity contribution in [2.45, 2.75) is 19.4 Å². The molecule has 0 saturated carbocycles. The zero-order chi connectivity index (χ0) is 15.5. The summed E-state index contributed by atoms with van der Waals surface area (Å²) in [4.78, 5) is 13.1. The topological polar surface area (TPSA) is 78.6 Å². The van der Waals surface area contributed by atoms with Gasteiger partial charge in [-0.25, -0.2) is 0 Å². The summed E-state index contributed by atoms with van der Waals surface area (Å²) in [7, 11) is 1.80. The number of benzene rings is 1. The van der Waals surface area contributed by atoms with Crippen LogP contribution in [-0.4, -0.2) is 36.1 Å². The van der Waals surface area contributed by atoms with Gasteiger partial charge in [-0.2, -0.15) is 0 Å². The van der Waals surface area contributed by atoms with E-state index in [1.165, 1.54) is 11.8 Å². The monoisotopic (exact) mass is 291 g/mol. The smallest absolute Gasteiger partial charge is 0.306 e. The van der Waals surface area contributed by atoms with E-state index in [9.17, 15) is 4.79 Å². The fourth-order valence-electron chi connectivity index (χ4n) is 2.28. The van der Waals surface area contributed by atoms with Gasteiger partial charge in [-0.3, -0.25) is 9.69 Å². The van der Waals surface area contributed by atoms with Crippen molar-refractivity contribution in [3.8, 4) is 0 Å². The molecule has 0 unspecified atom stereocenters. The Hall–Kier alpha value is -2.01. The number of aliphatic carboxylic acids is 1. The minimum Gasteiger partial charge on any atom is -0.481 e. The molecule has 2 rings (SSSR count). The highest BCUT2D eigenvalue weighted by molar-refractivity contribution is 5.70. The lowest BCUT2D eigenvalue weighted by Gasteiger charge is -2.29. The number of likely N-dealkylation sites (tertiary alicyclic amines) is 1. The van der Waals surface area contributed by atoms with Crippen LogP contribution in [0.15, 0.2) is 42.7 Å². The standard InChI is InChI=1S/C13H17NO2.C3H8N2/c15-13(16)12-6-8-14(9-7-12)10-11-4-2-1-3-5-11;1-5-3-2-4/h1-5,12H,6-10H2,(H,15,16);2-3,5H,4H2,1H3/b;3-2-. The van der Waals surface area contributed by atoms with Crippen molar-refractivity contribution in [3.63, 3.8) is 0 Å². The van der Waals surface area contributed by atoms with E-state index in [1.54, 1.807) is 13.2 Å². The van der Waals surface area contributed by atoms with Gasteiger partial charge in [0.15, 0.2) is 0 Å². The van der Waals surface area contributed by atoms with Gasteiger partial charge in [0, 0.05) is 26.0 Å². The average molecular weight is 291 g/mol. The molecule has 0 spiro atoms. The summed E-state index contributed by atoms with van der Waals surface area (Å²) >= 11 is 0. The van der Waals surface area contributed by atoms with Gasteiger partial charge in [-0.1, -0.05) is 30.3 Å². The molecule has 0 aromatic heterocycles. The lowest BCUT2D eigenvalue weighted by Crippen LogP contribution is -2.35. The van der Waals surface area contributed by atoms with Crippen molar-refractivity contribution in [2.75, 3.05) is 20.1 Å². The SMILES string of the molecule is CN/C=C\N.O=C(O)C1CCN(Cc2ccccc2)CC1. The summed E-state index contributed by atoms with van der Waals surface area (Å²) in [6, 6.07) is 10.3. The van der Waals surface area contributed by atoms with Gasteiger partial charge < -0.3 is 16.2 Å². The van der Waals surface area contributed by atoms with Crippen LogP contribution < -0.4 is 11.1 Å². The van der Waals surface area contributed by atoms with E-state index in [1.807, 2.05) is 18.2 Å². The molecule has 1 heterocycles. The third kappa shape index (κ3) is 6.81. The van der Waals surface area contributed by atoms with Gasteiger partial charge in [0.1, 0.15) is 0 Å². The molecule has 1 fully saturated rings. The minimum absolute atomic E-state index is 0.132. The van der Waals surface area contributed by atoms with Crippen molar-refractivity contribution in [1.29, 1.82) is 0 Å². The molecule has 1 aromatic rings. The maximum Gasteiger partial charge on any atom is 0.306 e. The predicted molar refractivity (Wildman–Crippen MR) is 84.5 cm³/mol. The number of nitrogens with zero attached hydrogens (tertiary/aromatic N) is 1. The van der Waals surface area contributed by atoms with Crippen molar-refractivity contribution in [1.82, 2.24) is 10.2 Å². The Labute approximate surface area is 126 Å². The van der Waals surface area contributed by atoms with E-state index in [0.29, 0.717) is 0 Å². The number of hydrogen-bond donors (Lipinski definition) is 3. The average Bonchev–Trinajstić information content (AvgIpc) is 2.50. The molecule has 5 heteroatoms. The van der Waals surface area contributed by atoms with Crippen LogP contribution in [0.4, 0.5) is 0 Å². The Bertz CT molecular complexity index is 426. The zero-order valence-electron chi connectivity index (χ0n) is 12.5. The number of piperidine rings is 1. The van der Waals surface area contributed by atoms with E-state index >= 15 is 0 Å². The lowest BCUT2D eigenvalue weighted by molar-refractivity contribution is -0.143. The normalized spacial score (nSPS) is 16.2. The Morgan fingerprint density at radius 2 is 2.00 bits per heavy atom. The quantitative estimate of drug-likeness (QED) is 0.785. The summed E-state index contributed by atoms with van der Waals surface area (Å²) in [6.07, 6.45) is 4.66. The summed E-state index contributed by atoms with van der Waals surface area (Å²) in [6.45, 7) is 2.73. The maximum absolute atomic E-state index is 10.8. The van der Waals surface area contributed by atoms with Gasteiger partial charge in [-0.15, -0.1) is 0 Å². The minimum atomic E-state index is -0.639. The summed E-state index contributed by atoms with van der Waals surface area (Å²) in [5.74, 6) is -0.772. The first kappa shape index (κ1) is 17.0. The van der Waals surface area contributed by atoms with Crippen LogP contribution in [-0.2, 0) is 11.3 Å². The highest BCUT2D eigenvalue weighted by Crippen LogP contribution is 2.18. The molecular weight excluding hydrogens is 266 g/mol. The molecule has 0 radical (unpaired) electrons. The van der Waals surface area contributed by atoms with Gasteiger partial charge in [0.2, 0.25) is 0 Å². The lowest BCUT2D eigenvalue weighted by atomic mass is 9.97. The zero-order valence-corrected chi connectivity index (χ0v) is 12.5. The molecule has 1 aliphatic rings. The van der Waals surface area contributed by atoms with Crippen LogP contribution in [0.3, 0.4) is 0 Å². The van der Waals surface area contributed by atoms with E-state index in [-0.39, 0.29) is 5.92 Å². The molecular formula is C16H25N3O2. The summed E-state index contributed by atoms with van der Waals surface area (Å²) < 4.78 is 0. The van der Waals surface area contributed by atoms with Crippen LogP contribution in [0.2, 0.25) is 0 Å². The first-order chi connectivity index (χ1) is 10.2. The van der Waals surface area contributed by atoms with Gasteiger partial charge in [0.25, 0.3) is 0 Å². The van der Waals surface area contributed by atoms with Crippen LogP contribution in [0.5, 0.6) is 0 Å². The van der Waals surface area contributed by atoms with Gasteiger partial charge in [0.05, 0.1) is 5.92 Å². The van der Waals surface area contributed by atoms with Crippen molar-refractivity contribution in [3.05, 3.63) is 48.3 Å². The fourth-order valence-corrected chi connectivity index (χ4v) is 2.28. The third-order valence-electron chi connectivity index (χ3n) is 3.45. The van der Waals surface area contributed by atoms with Crippen LogP contribution in [0.25, 0.3) is 0 Å². The third-order valence-corrected chi connectivity index (χ3v) is 3.45. The number of rotatable bonds is 4. The molecule has 0 bridgehead atoms. The Morgan fingerprint density at radius 3 is 2.43 bits per heavy atom. The molecule has 1 saturated heterocycles. The van der Waals surface area contributed by atoms with E-state index in [2.05, 4.69) is 22.3 Å². The Balaban J connectivity index is 0.000000383. The molecule has 0 atom stereocenters. The number of carboxylic acid groups (broad SMARTS) is 1. The molecule has 4 N–H and O–H groups in total. The first-order valence-electron chi connectivity index (χ1n) is 7.20. The molecule has 0 aliphatic carbocycles. The molecule has 0 amide bonds. The van der Waals surface area contributed by atoms with Crippen LogP contribution >= 0.6 is 0 Å². The predicted octanol–water partition coefficient (Wildman–Crippen LogP) is 1.62. The van der Waals surface area contributed by atoms with E-state index in [0.717, 1.165) is 32.5 Å². The number of nitrogens with one attached hydrogen (secondary N) is 1. The van der Waals surface area contributed by atoms with Crippen LogP contribution in [0.1, 0.15) is 18.4 Å². The van der Waals surface area contributed by atoms with E-state index in [4.69, 9.17) is 10.8 Å². The molecule has 5 nitrogen and oxygen atoms in total. The second-order valence-electron chi connectivity index (χ2n) is 5.02. The Kier molecular flexibility index (Phi) is 7.97. The summed E-state index contributed by atoms with van der Waals surface area (Å²) in [5, 5.41) is 11.6. The molecule has 116 valence electrons. The summed E-state index contributed by atoms with van der Waals surface area (Å²) in [5.41, 5.74) is 6.20. The number of carbonyl (C=O) groups is 1. The second-order valence-corrected chi connectivity index (χ2v) is 5.02. The second kappa shape index (κ2) is 9.83. The maximum atomic E-state index is 10.8. The molecule has 21 heavy (non-hydrogen) atoms. The number of carboxylic acids is 1. The Morgan fingerprint density at radius 1 is 1.38 bits per heavy atom. The van der Waals surface area contributed by atoms with Gasteiger partial charge in [-0.05, 0) is 31.5 Å². The highest BCUT2D eigenvalue weighted by atomic mass is 16.4. The van der Waals surface area contributed by atoms with E-state index < -0.39 is 5.97 Å². The molecule has 1 aliphatic heterocycles. The van der Waals surface area contributed by atoms with Gasteiger partial charge >= 0.3 is 5.97 Å². The largest absolute Gasteiger partial charge is 0.481 e. The molecule has 1 aromatic carbocycles. The van der Waals surface area contributed by atoms with Crippen molar-refractivity contribution < 1.29 is 9.90 Å². The number of hydrogen-bond acceptors (Lipinski definition) is 4. The highest BCUT2D eigenvalue weighted by Gasteiger charge is 2.24. The number of nitrogens with two attached hydrogens (primary N) is 1. The van der Waals surface area contributed by atoms with Crippen LogP contribution in [0, 0.1) is 5.92 Å². The first-order valence-corrected chi connectivity index (χ1v) is 7.20. The van der Waals surface area contributed by atoms with Crippen molar-refractivity contribution in [2.24, 2.45) is 11.7 Å². The van der Waals surface area contributed by atoms with Crippen molar-refractivity contribution >= 4 is 5.97 Å². The fraction of sp³-hybridized carbons (Fsp3) is 0.438.